The van der Waals surface area contributed by atoms with Crippen molar-refractivity contribution >= 4 is 38.5 Å². The van der Waals surface area contributed by atoms with Gasteiger partial charge in [0.25, 0.3) is 0 Å². The van der Waals surface area contributed by atoms with Gasteiger partial charge in [-0.15, -0.1) is 0 Å². The lowest BCUT2D eigenvalue weighted by molar-refractivity contribution is -0.178. The number of hydrogen-bond donors (Lipinski definition) is 0. The Morgan fingerprint density at radius 2 is 1.76 bits per heavy atom. The molecule has 2 atom stereocenters. The number of fused-ring (bicyclic) bond motifs is 5. The molecule has 0 N–H and O–H groups in total. The summed E-state index contributed by atoms with van der Waals surface area (Å²) in [5.74, 6) is 0.511. The number of ether oxygens (including phenoxy) is 4. The largest absolute Gasteiger partial charge is 0.496 e. The van der Waals surface area contributed by atoms with E-state index in [1.807, 2.05) is 61.9 Å². The first-order valence-corrected chi connectivity index (χ1v) is 11.1. The van der Waals surface area contributed by atoms with Gasteiger partial charge in [0.15, 0.2) is 6.10 Å². The average Bonchev–Trinajstić information content (AvgIpc) is 2.80. The van der Waals surface area contributed by atoms with Crippen molar-refractivity contribution in [3.05, 3.63) is 58.3 Å². The molecule has 0 bridgehead atoms. The van der Waals surface area contributed by atoms with Gasteiger partial charge in [0, 0.05) is 32.5 Å². The molecule has 0 saturated carbocycles. The first-order chi connectivity index (χ1) is 16.2. The van der Waals surface area contributed by atoms with E-state index in [0.717, 1.165) is 16.3 Å². The molecule has 0 saturated heterocycles. The van der Waals surface area contributed by atoms with E-state index in [4.69, 9.17) is 18.9 Å². The summed E-state index contributed by atoms with van der Waals surface area (Å²) in [6, 6.07) is 13.6. The minimum atomic E-state index is -0.871. The Balaban J connectivity index is 1.95. The fourth-order valence-corrected chi connectivity index (χ4v) is 5.15. The molecule has 1 aliphatic heterocycles. The van der Waals surface area contributed by atoms with Crippen molar-refractivity contribution in [3.8, 4) is 11.5 Å². The average molecular weight is 462 g/mol. The van der Waals surface area contributed by atoms with Crippen LogP contribution in [-0.2, 0) is 21.3 Å². The van der Waals surface area contributed by atoms with Crippen molar-refractivity contribution in [2.45, 2.75) is 38.6 Å². The van der Waals surface area contributed by atoms with Crippen LogP contribution in [-0.4, -0.2) is 36.5 Å². The Kier molecular flexibility index (Phi) is 5.06. The van der Waals surface area contributed by atoms with Crippen molar-refractivity contribution < 1.29 is 23.7 Å². The fraction of sp³-hybridized carbons (Fsp3) is 0.333. The standard InChI is InChI=1S/C27H27NO6/c1-14(29)33-26-25(32-6)22-20(34-27(26,2)3)13-19(31-5)21-23(22)28(4)18-12-16-10-8-7-9-15(16)11-17(18)24(21)30/h7-13,25-26H,1-6H3/t25-,26-/m1/s1. The Morgan fingerprint density at radius 3 is 2.38 bits per heavy atom. The Hall–Kier alpha value is -3.58. The molecule has 4 aromatic rings. The van der Waals surface area contributed by atoms with E-state index >= 15 is 0 Å². The summed E-state index contributed by atoms with van der Waals surface area (Å²) in [6.07, 6.45) is -1.37. The molecule has 1 aliphatic rings. The van der Waals surface area contributed by atoms with Gasteiger partial charge in [0.2, 0.25) is 5.43 Å². The maximum absolute atomic E-state index is 13.9. The van der Waals surface area contributed by atoms with Crippen LogP contribution in [0.3, 0.4) is 0 Å². The van der Waals surface area contributed by atoms with E-state index in [9.17, 15) is 9.59 Å². The molecule has 0 spiro atoms. The maximum Gasteiger partial charge on any atom is 0.303 e. The van der Waals surface area contributed by atoms with Crippen molar-refractivity contribution in [1.82, 2.24) is 4.57 Å². The van der Waals surface area contributed by atoms with Crippen LogP contribution < -0.4 is 14.9 Å². The number of benzene rings is 3. The van der Waals surface area contributed by atoms with Crippen LogP contribution in [0.15, 0.2) is 47.3 Å². The third kappa shape index (κ3) is 3.15. The number of esters is 1. The van der Waals surface area contributed by atoms with Gasteiger partial charge in [-0.05, 0) is 36.8 Å². The molecule has 7 nitrogen and oxygen atoms in total. The first-order valence-electron chi connectivity index (χ1n) is 11.1. The number of carbonyl (C=O) groups is 1. The predicted octanol–water partition coefficient (Wildman–Crippen LogP) is 4.64. The summed E-state index contributed by atoms with van der Waals surface area (Å²) in [6.45, 7) is 5.05. The van der Waals surface area contributed by atoms with Gasteiger partial charge in [-0.25, -0.2) is 0 Å². The van der Waals surface area contributed by atoms with Gasteiger partial charge in [-0.2, -0.15) is 0 Å². The van der Waals surface area contributed by atoms with Gasteiger partial charge in [0.1, 0.15) is 23.2 Å². The molecular weight excluding hydrogens is 434 g/mol. The molecule has 34 heavy (non-hydrogen) atoms. The van der Waals surface area contributed by atoms with Gasteiger partial charge >= 0.3 is 5.97 Å². The van der Waals surface area contributed by atoms with Gasteiger partial charge < -0.3 is 23.5 Å². The minimum absolute atomic E-state index is 0.141. The highest BCUT2D eigenvalue weighted by atomic mass is 16.6. The second kappa shape index (κ2) is 7.74. The smallest absolute Gasteiger partial charge is 0.303 e. The van der Waals surface area contributed by atoms with Crippen LogP contribution in [0.1, 0.15) is 32.4 Å². The topological polar surface area (TPSA) is 76.0 Å². The molecule has 0 amide bonds. The number of hydrogen-bond acceptors (Lipinski definition) is 6. The second-order valence-corrected chi connectivity index (χ2v) is 9.21. The third-order valence-electron chi connectivity index (χ3n) is 6.68. The summed E-state index contributed by atoms with van der Waals surface area (Å²) in [5.41, 5.74) is 1.04. The Bertz CT molecular complexity index is 1530. The summed E-state index contributed by atoms with van der Waals surface area (Å²) in [5, 5.41) is 3.03. The lowest BCUT2D eigenvalue weighted by Gasteiger charge is -2.43. The molecule has 1 aromatic heterocycles. The molecule has 0 fully saturated rings. The number of aromatic nitrogens is 1. The first kappa shape index (κ1) is 22.2. The maximum atomic E-state index is 13.9. The van der Waals surface area contributed by atoms with Crippen LogP contribution >= 0.6 is 0 Å². The fourth-order valence-electron chi connectivity index (χ4n) is 5.15. The normalized spacial score (nSPS) is 19.1. The molecule has 2 heterocycles. The zero-order valence-electron chi connectivity index (χ0n) is 20.1. The highest BCUT2D eigenvalue weighted by Crippen LogP contribution is 2.48. The van der Waals surface area contributed by atoms with E-state index in [1.54, 1.807) is 13.2 Å². The molecule has 3 aromatic carbocycles. The lowest BCUT2D eigenvalue weighted by atomic mass is 9.86. The number of carbonyl (C=O) groups excluding carboxylic acids is 1. The van der Waals surface area contributed by atoms with Crippen molar-refractivity contribution in [2.24, 2.45) is 7.05 Å². The zero-order valence-corrected chi connectivity index (χ0v) is 20.1. The number of nitrogens with zero attached hydrogens (tertiary/aromatic N) is 1. The molecule has 5 rings (SSSR count). The number of rotatable bonds is 3. The van der Waals surface area contributed by atoms with E-state index in [1.165, 1.54) is 14.0 Å². The Morgan fingerprint density at radius 1 is 1.09 bits per heavy atom. The van der Waals surface area contributed by atoms with Crippen molar-refractivity contribution in [1.29, 1.82) is 0 Å². The highest BCUT2D eigenvalue weighted by Gasteiger charge is 2.48. The van der Waals surface area contributed by atoms with Crippen LogP contribution in [0.5, 0.6) is 11.5 Å². The predicted molar refractivity (Wildman–Crippen MR) is 131 cm³/mol. The van der Waals surface area contributed by atoms with Crippen molar-refractivity contribution in [3.63, 3.8) is 0 Å². The summed E-state index contributed by atoms with van der Waals surface area (Å²) < 4.78 is 25.6. The van der Waals surface area contributed by atoms with Crippen LogP contribution in [0, 0.1) is 0 Å². The number of pyridine rings is 1. The van der Waals surface area contributed by atoms with Crippen molar-refractivity contribution in [2.75, 3.05) is 14.2 Å². The minimum Gasteiger partial charge on any atom is -0.496 e. The summed E-state index contributed by atoms with van der Waals surface area (Å²) in [7, 11) is 5.01. The van der Waals surface area contributed by atoms with Gasteiger partial charge in [-0.3, -0.25) is 9.59 Å². The summed E-state index contributed by atoms with van der Waals surface area (Å²) >= 11 is 0. The Labute approximate surface area is 196 Å². The third-order valence-corrected chi connectivity index (χ3v) is 6.68. The van der Waals surface area contributed by atoms with E-state index in [0.29, 0.717) is 33.4 Å². The molecule has 0 unspecified atom stereocenters. The van der Waals surface area contributed by atoms with Crippen LogP contribution in [0.4, 0.5) is 0 Å². The zero-order chi connectivity index (χ0) is 24.4. The molecular formula is C27H27NO6. The van der Waals surface area contributed by atoms with E-state index in [-0.39, 0.29) is 5.43 Å². The quantitative estimate of drug-likeness (QED) is 0.327. The van der Waals surface area contributed by atoms with Crippen LogP contribution in [0.25, 0.3) is 32.6 Å². The second-order valence-electron chi connectivity index (χ2n) is 9.21. The van der Waals surface area contributed by atoms with Crippen LogP contribution in [0.2, 0.25) is 0 Å². The number of methoxy groups -OCH3 is 2. The van der Waals surface area contributed by atoms with Gasteiger partial charge in [0.05, 0.1) is 29.1 Å². The van der Waals surface area contributed by atoms with E-state index < -0.39 is 23.8 Å². The van der Waals surface area contributed by atoms with E-state index in [2.05, 4.69) is 0 Å². The molecule has 0 aliphatic carbocycles. The van der Waals surface area contributed by atoms with Gasteiger partial charge in [-0.1, -0.05) is 24.3 Å². The molecule has 7 heteroatoms. The highest BCUT2D eigenvalue weighted by molar-refractivity contribution is 6.04. The number of aryl methyl sites for hydroxylation is 1. The summed E-state index contributed by atoms with van der Waals surface area (Å²) in [4.78, 5) is 25.8. The lowest BCUT2D eigenvalue weighted by Crippen LogP contribution is -2.51. The molecule has 0 radical (unpaired) electrons. The monoisotopic (exact) mass is 461 g/mol. The SMILES string of the molecule is COc1cc2c(c3c1c(=O)c1cc4ccccc4cc1n3C)[C@@H](OC)[C@@H](OC(C)=O)C(C)(C)O2. The molecule has 176 valence electrons.